The lowest BCUT2D eigenvalue weighted by Crippen LogP contribution is -2.06. The molecule has 0 unspecified atom stereocenters. The minimum atomic E-state index is -0.603. The second-order valence-corrected chi connectivity index (χ2v) is 3.62. The second kappa shape index (κ2) is 6.45. The largest absolute Gasteiger partial charge is 0.496 e. The maximum atomic E-state index is 11.4. The Morgan fingerprint density at radius 3 is 2.72 bits per heavy atom. The zero-order valence-corrected chi connectivity index (χ0v) is 10.7. The van der Waals surface area contributed by atoms with Crippen molar-refractivity contribution in [1.82, 2.24) is 0 Å². The zero-order chi connectivity index (χ0) is 13.5. The van der Waals surface area contributed by atoms with Crippen LogP contribution in [0, 0.1) is 18.3 Å². The molecule has 0 N–H and O–H groups in total. The van der Waals surface area contributed by atoms with E-state index in [-0.39, 0.29) is 12.2 Å². The topological polar surface area (TPSA) is 59.3 Å². The van der Waals surface area contributed by atoms with Crippen LogP contribution >= 0.6 is 0 Å². The van der Waals surface area contributed by atoms with Crippen molar-refractivity contribution in [3.8, 4) is 11.8 Å². The van der Waals surface area contributed by atoms with Crippen molar-refractivity contribution in [3.05, 3.63) is 34.9 Å². The van der Waals surface area contributed by atoms with E-state index in [9.17, 15) is 4.79 Å². The number of carbonyl (C=O) groups excluding carboxylic acids is 1. The van der Waals surface area contributed by atoms with Gasteiger partial charge in [0.25, 0.3) is 0 Å². The Bertz CT molecular complexity index is 512. The number of ether oxygens (including phenoxy) is 2. The SMILES string of the molecule is CCOC(=O)/C(C#N)=C/c1ccc(OC)c(C)c1. The molecule has 4 nitrogen and oxygen atoms in total. The van der Waals surface area contributed by atoms with Crippen molar-refractivity contribution in [2.75, 3.05) is 13.7 Å². The Hall–Kier alpha value is -2.28. The molecule has 18 heavy (non-hydrogen) atoms. The highest BCUT2D eigenvalue weighted by molar-refractivity contribution is 5.97. The maximum absolute atomic E-state index is 11.4. The van der Waals surface area contributed by atoms with Crippen LogP contribution in [0.25, 0.3) is 6.08 Å². The first-order valence-electron chi connectivity index (χ1n) is 5.56. The molecular formula is C14H15NO3. The standard InChI is InChI=1S/C14H15NO3/c1-4-18-14(16)12(9-15)8-11-5-6-13(17-3)10(2)7-11/h5-8H,4H2,1-3H3/b12-8+. The van der Waals surface area contributed by atoms with Crippen molar-refractivity contribution >= 4 is 12.0 Å². The fourth-order valence-corrected chi connectivity index (χ4v) is 1.50. The normalized spacial score (nSPS) is 10.7. The van der Waals surface area contributed by atoms with Crippen LogP contribution in [0.3, 0.4) is 0 Å². The summed E-state index contributed by atoms with van der Waals surface area (Å²) < 4.78 is 9.93. The van der Waals surface area contributed by atoms with E-state index in [0.717, 1.165) is 16.9 Å². The number of methoxy groups -OCH3 is 1. The molecule has 1 rings (SSSR count). The molecule has 0 aliphatic carbocycles. The molecule has 0 saturated carbocycles. The maximum Gasteiger partial charge on any atom is 0.348 e. The first-order chi connectivity index (χ1) is 8.62. The Labute approximate surface area is 106 Å². The van der Waals surface area contributed by atoms with Crippen LogP contribution in [0.2, 0.25) is 0 Å². The number of nitriles is 1. The molecule has 0 aliphatic rings. The Balaban J connectivity index is 3.04. The highest BCUT2D eigenvalue weighted by atomic mass is 16.5. The van der Waals surface area contributed by atoms with E-state index in [2.05, 4.69) is 0 Å². The monoisotopic (exact) mass is 245 g/mol. The summed E-state index contributed by atoms with van der Waals surface area (Å²) in [4.78, 5) is 11.4. The fraction of sp³-hybridized carbons (Fsp3) is 0.286. The second-order valence-electron chi connectivity index (χ2n) is 3.62. The minimum absolute atomic E-state index is 0.0126. The third kappa shape index (κ3) is 3.36. The molecule has 0 bridgehead atoms. The molecule has 1 aromatic rings. The van der Waals surface area contributed by atoms with E-state index >= 15 is 0 Å². The van der Waals surface area contributed by atoms with Crippen LogP contribution in [-0.4, -0.2) is 19.7 Å². The van der Waals surface area contributed by atoms with Gasteiger partial charge in [0.15, 0.2) is 0 Å². The average molecular weight is 245 g/mol. The van der Waals surface area contributed by atoms with Gasteiger partial charge in [0.2, 0.25) is 0 Å². The van der Waals surface area contributed by atoms with Crippen molar-refractivity contribution in [2.24, 2.45) is 0 Å². The number of rotatable bonds is 4. The predicted octanol–water partition coefficient (Wildman–Crippen LogP) is 2.47. The van der Waals surface area contributed by atoms with Gasteiger partial charge in [0.05, 0.1) is 13.7 Å². The van der Waals surface area contributed by atoms with Crippen molar-refractivity contribution in [1.29, 1.82) is 5.26 Å². The number of benzene rings is 1. The van der Waals surface area contributed by atoms with E-state index < -0.39 is 5.97 Å². The first-order valence-corrected chi connectivity index (χ1v) is 5.56. The van der Waals surface area contributed by atoms with Gasteiger partial charge in [-0.2, -0.15) is 5.26 Å². The molecule has 0 atom stereocenters. The number of esters is 1. The van der Waals surface area contributed by atoms with Gasteiger partial charge in [0, 0.05) is 0 Å². The van der Waals surface area contributed by atoms with Gasteiger partial charge in [-0.3, -0.25) is 0 Å². The van der Waals surface area contributed by atoms with Gasteiger partial charge in [-0.05, 0) is 43.2 Å². The first kappa shape index (κ1) is 13.8. The van der Waals surface area contributed by atoms with Gasteiger partial charge in [-0.1, -0.05) is 6.07 Å². The van der Waals surface area contributed by atoms with Crippen LogP contribution in [-0.2, 0) is 9.53 Å². The summed E-state index contributed by atoms with van der Waals surface area (Å²) >= 11 is 0. The molecule has 0 saturated heterocycles. The molecule has 0 aliphatic heterocycles. The summed E-state index contributed by atoms with van der Waals surface area (Å²) in [5.41, 5.74) is 1.69. The Morgan fingerprint density at radius 1 is 1.50 bits per heavy atom. The third-order valence-electron chi connectivity index (χ3n) is 2.35. The van der Waals surface area contributed by atoms with Crippen LogP contribution in [0.1, 0.15) is 18.1 Å². The quantitative estimate of drug-likeness (QED) is 0.464. The van der Waals surface area contributed by atoms with Crippen LogP contribution < -0.4 is 4.74 Å². The summed E-state index contributed by atoms with van der Waals surface area (Å²) in [6.07, 6.45) is 1.50. The van der Waals surface area contributed by atoms with E-state index in [1.54, 1.807) is 26.2 Å². The smallest absolute Gasteiger partial charge is 0.348 e. The number of hydrogen-bond donors (Lipinski definition) is 0. The summed E-state index contributed by atoms with van der Waals surface area (Å²) in [7, 11) is 1.59. The van der Waals surface area contributed by atoms with Crippen molar-refractivity contribution in [3.63, 3.8) is 0 Å². The van der Waals surface area contributed by atoms with Crippen LogP contribution in [0.5, 0.6) is 5.75 Å². The third-order valence-corrected chi connectivity index (χ3v) is 2.35. The molecule has 94 valence electrons. The summed E-state index contributed by atoms with van der Waals surface area (Å²) in [6.45, 7) is 3.84. The van der Waals surface area contributed by atoms with Gasteiger partial charge in [0.1, 0.15) is 17.4 Å². The fourth-order valence-electron chi connectivity index (χ4n) is 1.50. The minimum Gasteiger partial charge on any atom is -0.496 e. The predicted molar refractivity (Wildman–Crippen MR) is 68.0 cm³/mol. The summed E-state index contributed by atoms with van der Waals surface area (Å²) in [6, 6.07) is 7.25. The van der Waals surface area contributed by atoms with Gasteiger partial charge >= 0.3 is 5.97 Å². The lowest BCUT2D eigenvalue weighted by atomic mass is 10.1. The van der Waals surface area contributed by atoms with Crippen molar-refractivity contribution < 1.29 is 14.3 Å². The molecule has 0 amide bonds. The number of aryl methyl sites for hydroxylation is 1. The summed E-state index contributed by atoms with van der Waals surface area (Å²) in [5.74, 6) is 0.162. The Morgan fingerprint density at radius 2 is 2.22 bits per heavy atom. The molecule has 0 spiro atoms. The van der Waals surface area contributed by atoms with Crippen LogP contribution in [0.4, 0.5) is 0 Å². The Kier molecular flexibility index (Phi) is 4.94. The van der Waals surface area contributed by atoms with Crippen LogP contribution in [0.15, 0.2) is 23.8 Å². The highest BCUT2D eigenvalue weighted by Gasteiger charge is 2.09. The molecule has 4 heteroatoms. The van der Waals surface area contributed by atoms with E-state index in [1.165, 1.54) is 6.08 Å². The van der Waals surface area contributed by atoms with Gasteiger partial charge in [-0.15, -0.1) is 0 Å². The molecule has 0 fully saturated rings. The number of nitrogens with zero attached hydrogens (tertiary/aromatic N) is 1. The molecule has 1 aromatic carbocycles. The molecule has 0 aromatic heterocycles. The summed E-state index contributed by atoms with van der Waals surface area (Å²) in [5, 5.41) is 8.91. The lowest BCUT2D eigenvalue weighted by molar-refractivity contribution is -0.137. The molecule has 0 radical (unpaired) electrons. The molecular weight excluding hydrogens is 230 g/mol. The van der Waals surface area contributed by atoms with Crippen molar-refractivity contribution in [2.45, 2.75) is 13.8 Å². The van der Waals surface area contributed by atoms with E-state index in [0.29, 0.717) is 0 Å². The lowest BCUT2D eigenvalue weighted by Gasteiger charge is -2.05. The van der Waals surface area contributed by atoms with E-state index in [1.807, 2.05) is 19.1 Å². The number of hydrogen-bond acceptors (Lipinski definition) is 4. The molecule has 0 heterocycles. The van der Waals surface area contributed by atoms with Gasteiger partial charge < -0.3 is 9.47 Å². The van der Waals surface area contributed by atoms with E-state index in [4.69, 9.17) is 14.7 Å². The zero-order valence-electron chi connectivity index (χ0n) is 10.7. The number of carbonyl (C=O) groups is 1. The highest BCUT2D eigenvalue weighted by Crippen LogP contribution is 2.20. The van der Waals surface area contributed by atoms with Gasteiger partial charge in [-0.25, -0.2) is 4.79 Å². The average Bonchev–Trinajstić information content (AvgIpc) is 2.36.